The van der Waals surface area contributed by atoms with E-state index in [0.29, 0.717) is 12.5 Å². The van der Waals surface area contributed by atoms with Crippen molar-refractivity contribution in [1.82, 2.24) is 15.5 Å². The number of carbonyl (C=O) groups is 2. The normalized spacial score (nSPS) is 30.4. The number of carbonyl (C=O) groups excluding carboxylic acids is 2. The Hall–Kier alpha value is -1.10. The van der Waals surface area contributed by atoms with Gasteiger partial charge in [-0.1, -0.05) is 0 Å². The molecule has 2 aliphatic heterocycles. The molecule has 78 valence electrons. The number of fused-ring (bicyclic) bond motifs is 2. The summed E-state index contributed by atoms with van der Waals surface area (Å²) in [4.78, 5) is 24.8. The lowest BCUT2D eigenvalue weighted by atomic mass is 10.0. The number of rotatable bonds is 2. The van der Waals surface area contributed by atoms with Crippen molar-refractivity contribution >= 4 is 11.8 Å². The fourth-order valence-corrected chi connectivity index (χ4v) is 2.21. The third-order valence-electron chi connectivity index (χ3n) is 2.90. The van der Waals surface area contributed by atoms with E-state index in [2.05, 4.69) is 10.6 Å². The molecule has 0 radical (unpaired) electrons. The molecule has 14 heavy (non-hydrogen) atoms. The molecule has 2 N–H and O–H groups in total. The van der Waals surface area contributed by atoms with Crippen molar-refractivity contribution in [3.8, 4) is 0 Å². The number of likely N-dealkylation sites (tertiary alicyclic amines) is 1. The summed E-state index contributed by atoms with van der Waals surface area (Å²) in [5.41, 5.74) is 0. The molecule has 0 spiro atoms. The number of piperidine rings is 1. The van der Waals surface area contributed by atoms with Crippen LogP contribution in [0.3, 0.4) is 0 Å². The summed E-state index contributed by atoms with van der Waals surface area (Å²) in [6, 6.07) is -0.213. The van der Waals surface area contributed by atoms with Crippen molar-refractivity contribution in [2.24, 2.45) is 5.92 Å². The zero-order valence-electron chi connectivity index (χ0n) is 8.25. The van der Waals surface area contributed by atoms with E-state index in [9.17, 15) is 9.59 Å². The molecule has 2 amide bonds. The Bertz CT molecular complexity index is 267. The van der Waals surface area contributed by atoms with Crippen molar-refractivity contribution in [3.05, 3.63) is 0 Å². The Balaban J connectivity index is 2.06. The minimum atomic E-state index is -0.213. The van der Waals surface area contributed by atoms with Crippen LogP contribution in [0.25, 0.3) is 0 Å². The van der Waals surface area contributed by atoms with E-state index in [1.807, 2.05) is 0 Å². The second kappa shape index (κ2) is 3.57. The first kappa shape index (κ1) is 9.45. The number of amides is 2. The monoisotopic (exact) mass is 197 g/mol. The fourth-order valence-electron chi connectivity index (χ4n) is 2.21. The zero-order chi connectivity index (χ0) is 10.1. The van der Waals surface area contributed by atoms with Gasteiger partial charge in [0.25, 0.3) is 0 Å². The lowest BCUT2D eigenvalue weighted by Crippen LogP contribution is -2.48. The minimum Gasteiger partial charge on any atom is -0.354 e. The molecular weight excluding hydrogens is 182 g/mol. The average molecular weight is 197 g/mol. The molecule has 0 aromatic rings. The van der Waals surface area contributed by atoms with Gasteiger partial charge in [0.2, 0.25) is 11.8 Å². The Morgan fingerprint density at radius 2 is 2.50 bits per heavy atom. The predicted octanol–water partition coefficient (Wildman–Crippen LogP) is -1.45. The molecule has 2 saturated heterocycles. The van der Waals surface area contributed by atoms with Gasteiger partial charge in [0.05, 0.1) is 6.54 Å². The third-order valence-corrected chi connectivity index (χ3v) is 2.90. The number of likely N-dealkylation sites (N-methyl/N-ethyl adjacent to an activating group) is 1. The highest BCUT2D eigenvalue weighted by Gasteiger charge is 2.42. The van der Waals surface area contributed by atoms with Crippen LogP contribution in [0.1, 0.15) is 6.42 Å². The standard InChI is InChI=1S/C9H15N3O2/c1-10-4-8(13)12-5-6-2-7(12)9(14)11-3-6/h6-7,10H,2-5H2,1H3,(H,11,14)/t6-,7-/m0/s1. The number of hydrogen-bond acceptors (Lipinski definition) is 3. The lowest BCUT2D eigenvalue weighted by molar-refractivity contribution is -0.137. The van der Waals surface area contributed by atoms with Crippen LogP contribution in [-0.2, 0) is 9.59 Å². The summed E-state index contributed by atoms with van der Waals surface area (Å²) in [6.07, 6.45) is 0.835. The summed E-state index contributed by atoms with van der Waals surface area (Å²) in [6.45, 7) is 1.76. The van der Waals surface area contributed by atoms with Crippen LogP contribution < -0.4 is 10.6 Å². The minimum absolute atomic E-state index is 0.00297. The quantitative estimate of drug-likeness (QED) is 0.569. The second-order valence-electron chi connectivity index (χ2n) is 3.94. The summed E-state index contributed by atoms with van der Waals surface area (Å²) in [5.74, 6) is 0.485. The van der Waals surface area contributed by atoms with Crippen LogP contribution in [0.2, 0.25) is 0 Å². The van der Waals surface area contributed by atoms with Crippen molar-refractivity contribution in [1.29, 1.82) is 0 Å². The third kappa shape index (κ3) is 1.48. The molecule has 0 aromatic carbocycles. The smallest absolute Gasteiger partial charge is 0.242 e. The van der Waals surface area contributed by atoms with E-state index in [-0.39, 0.29) is 17.9 Å². The van der Waals surface area contributed by atoms with Crippen molar-refractivity contribution in [2.45, 2.75) is 12.5 Å². The van der Waals surface area contributed by atoms with E-state index in [1.54, 1.807) is 11.9 Å². The van der Waals surface area contributed by atoms with Gasteiger partial charge >= 0.3 is 0 Å². The maximum atomic E-state index is 11.6. The molecule has 2 fully saturated rings. The maximum absolute atomic E-state index is 11.6. The average Bonchev–Trinajstić information content (AvgIpc) is 2.52. The van der Waals surface area contributed by atoms with Gasteiger partial charge in [-0.2, -0.15) is 0 Å². The number of hydrogen-bond donors (Lipinski definition) is 2. The molecule has 0 unspecified atom stereocenters. The molecule has 2 atom stereocenters. The van der Waals surface area contributed by atoms with Gasteiger partial charge < -0.3 is 15.5 Å². The lowest BCUT2D eigenvalue weighted by Gasteiger charge is -2.23. The number of nitrogens with one attached hydrogen (secondary N) is 2. The largest absolute Gasteiger partial charge is 0.354 e. The van der Waals surface area contributed by atoms with Crippen LogP contribution in [-0.4, -0.2) is 49.4 Å². The van der Waals surface area contributed by atoms with Gasteiger partial charge in [-0.15, -0.1) is 0 Å². The summed E-state index contributed by atoms with van der Waals surface area (Å²) < 4.78 is 0. The van der Waals surface area contributed by atoms with Gasteiger partial charge in [0, 0.05) is 13.1 Å². The molecule has 2 bridgehead atoms. The van der Waals surface area contributed by atoms with Crippen LogP contribution in [0.15, 0.2) is 0 Å². The first-order chi connectivity index (χ1) is 6.72. The van der Waals surface area contributed by atoms with Crippen molar-refractivity contribution in [3.63, 3.8) is 0 Å². The highest BCUT2D eigenvalue weighted by molar-refractivity contribution is 5.89. The topological polar surface area (TPSA) is 61.4 Å². The van der Waals surface area contributed by atoms with E-state index in [4.69, 9.17) is 0 Å². The fraction of sp³-hybridized carbons (Fsp3) is 0.778. The van der Waals surface area contributed by atoms with E-state index in [1.165, 1.54) is 0 Å². The zero-order valence-corrected chi connectivity index (χ0v) is 8.25. The van der Waals surface area contributed by atoms with Gasteiger partial charge in [0.15, 0.2) is 0 Å². The molecule has 2 rings (SSSR count). The van der Waals surface area contributed by atoms with E-state index in [0.717, 1.165) is 19.5 Å². The summed E-state index contributed by atoms with van der Waals surface area (Å²) in [5, 5.41) is 5.63. The molecule has 5 heteroatoms. The molecular formula is C9H15N3O2. The second-order valence-corrected chi connectivity index (χ2v) is 3.94. The number of nitrogens with zero attached hydrogens (tertiary/aromatic N) is 1. The summed E-state index contributed by atoms with van der Waals surface area (Å²) in [7, 11) is 1.74. The van der Waals surface area contributed by atoms with Crippen LogP contribution in [0.4, 0.5) is 0 Å². The molecule has 2 heterocycles. The predicted molar refractivity (Wildman–Crippen MR) is 50.5 cm³/mol. The van der Waals surface area contributed by atoms with E-state index < -0.39 is 0 Å². The molecule has 0 aliphatic carbocycles. The van der Waals surface area contributed by atoms with Gasteiger partial charge in [-0.05, 0) is 19.4 Å². The molecule has 5 nitrogen and oxygen atoms in total. The van der Waals surface area contributed by atoms with Crippen molar-refractivity contribution < 1.29 is 9.59 Å². The summed E-state index contributed by atoms with van der Waals surface area (Å²) >= 11 is 0. The van der Waals surface area contributed by atoms with Crippen LogP contribution in [0, 0.1) is 5.92 Å². The van der Waals surface area contributed by atoms with Crippen LogP contribution >= 0.6 is 0 Å². The maximum Gasteiger partial charge on any atom is 0.242 e. The highest BCUT2D eigenvalue weighted by Crippen LogP contribution is 2.26. The van der Waals surface area contributed by atoms with Crippen LogP contribution in [0.5, 0.6) is 0 Å². The first-order valence-corrected chi connectivity index (χ1v) is 4.94. The Morgan fingerprint density at radius 1 is 1.71 bits per heavy atom. The van der Waals surface area contributed by atoms with Gasteiger partial charge in [0.1, 0.15) is 6.04 Å². The Labute approximate surface area is 82.8 Å². The van der Waals surface area contributed by atoms with Gasteiger partial charge in [-0.25, -0.2) is 0 Å². The highest BCUT2D eigenvalue weighted by atomic mass is 16.2. The van der Waals surface area contributed by atoms with E-state index >= 15 is 0 Å². The first-order valence-electron chi connectivity index (χ1n) is 4.94. The Kier molecular flexibility index (Phi) is 2.41. The SMILES string of the molecule is CNCC(=O)N1C[C@@H]2CNC(=O)[C@@H]1C2. The van der Waals surface area contributed by atoms with Crippen molar-refractivity contribution in [2.75, 3.05) is 26.7 Å². The van der Waals surface area contributed by atoms with Gasteiger partial charge in [-0.3, -0.25) is 9.59 Å². The molecule has 0 aromatic heterocycles. The Morgan fingerprint density at radius 3 is 3.21 bits per heavy atom. The molecule has 0 saturated carbocycles. The molecule has 2 aliphatic rings.